The minimum atomic E-state index is 0.801. The van der Waals surface area contributed by atoms with E-state index in [1.807, 2.05) is 18.2 Å². The first-order valence-corrected chi connectivity index (χ1v) is 10.1. The van der Waals surface area contributed by atoms with Gasteiger partial charge in [-0.15, -0.1) is 0 Å². The van der Waals surface area contributed by atoms with Crippen molar-refractivity contribution in [2.24, 2.45) is 0 Å². The second-order valence-corrected chi connectivity index (χ2v) is 5.83. The monoisotopic (exact) mass is 364 g/mol. The van der Waals surface area contributed by atoms with Crippen LogP contribution in [0.25, 0.3) is 0 Å². The zero-order valence-corrected chi connectivity index (χ0v) is 17.2. The molecule has 150 valence electrons. The van der Waals surface area contributed by atoms with E-state index >= 15 is 0 Å². The van der Waals surface area contributed by atoms with Gasteiger partial charge in [-0.1, -0.05) is 77.5 Å². The average Bonchev–Trinajstić information content (AvgIpc) is 2.66. The SMILES string of the molecule is CCC/C=C/C=O.CCCCC/C=C/C=O.CCCCCC/C=C/C=O. The highest BCUT2D eigenvalue weighted by atomic mass is 16.1. The Bertz CT molecular complexity index is 354. The molecule has 0 aliphatic heterocycles. The van der Waals surface area contributed by atoms with Crippen LogP contribution in [0.3, 0.4) is 0 Å². The van der Waals surface area contributed by atoms with Crippen LogP contribution in [0.1, 0.15) is 91.4 Å². The lowest BCUT2D eigenvalue weighted by Crippen LogP contribution is -1.73. The van der Waals surface area contributed by atoms with Crippen LogP contribution in [-0.2, 0) is 14.4 Å². The number of hydrogen-bond acceptors (Lipinski definition) is 3. The van der Waals surface area contributed by atoms with Crippen LogP contribution in [0.4, 0.5) is 0 Å². The second kappa shape index (κ2) is 34.5. The zero-order chi connectivity index (χ0) is 20.1. The van der Waals surface area contributed by atoms with Crippen LogP contribution in [0.15, 0.2) is 36.5 Å². The normalized spacial score (nSPS) is 10.3. The molecule has 0 unspecified atom stereocenters. The lowest BCUT2D eigenvalue weighted by atomic mass is 10.1. The van der Waals surface area contributed by atoms with Crippen molar-refractivity contribution in [3.63, 3.8) is 0 Å². The number of aldehydes is 3. The molecule has 0 aromatic heterocycles. The Hall–Kier alpha value is -1.77. The van der Waals surface area contributed by atoms with Crippen LogP contribution in [0, 0.1) is 0 Å². The van der Waals surface area contributed by atoms with Crippen LogP contribution in [0.2, 0.25) is 0 Å². The van der Waals surface area contributed by atoms with E-state index in [0.29, 0.717) is 0 Å². The molecule has 0 heterocycles. The van der Waals surface area contributed by atoms with Crippen molar-refractivity contribution < 1.29 is 14.4 Å². The third-order valence-corrected chi connectivity index (χ3v) is 3.30. The van der Waals surface area contributed by atoms with Crippen LogP contribution in [0.5, 0.6) is 0 Å². The minimum Gasteiger partial charge on any atom is -0.299 e. The molecule has 3 heteroatoms. The lowest BCUT2D eigenvalue weighted by Gasteiger charge is -1.92. The van der Waals surface area contributed by atoms with E-state index in [-0.39, 0.29) is 0 Å². The molecule has 0 spiro atoms. The van der Waals surface area contributed by atoms with E-state index in [1.165, 1.54) is 51.0 Å². The van der Waals surface area contributed by atoms with Crippen LogP contribution >= 0.6 is 0 Å². The molecule has 0 rings (SSSR count). The summed E-state index contributed by atoms with van der Waals surface area (Å²) in [5.74, 6) is 0. The number of carbonyl (C=O) groups is 3. The summed E-state index contributed by atoms with van der Waals surface area (Å²) < 4.78 is 0. The third kappa shape index (κ3) is 43.2. The van der Waals surface area contributed by atoms with E-state index in [1.54, 1.807) is 12.2 Å². The summed E-state index contributed by atoms with van der Waals surface area (Å²) in [6.45, 7) is 6.44. The highest BCUT2D eigenvalue weighted by molar-refractivity contribution is 5.65. The molecule has 0 radical (unpaired) electrons. The first-order chi connectivity index (χ1) is 12.7. The van der Waals surface area contributed by atoms with Gasteiger partial charge in [0.2, 0.25) is 0 Å². The molecule has 26 heavy (non-hydrogen) atoms. The van der Waals surface area contributed by atoms with Gasteiger partial charge in [-0.2, -0.15) is 0 Å². The summed E-state index contributed by atoms with van der Waals surface area (Å²) in [6, 6.07) is 0. The molecule has 0 aromatic rings. The minimum absolute atomic E-state index is 0.801. The van der Waals surface area contributed by atoms with Gasteiger partial charge in [-0.3, -0.25) is 14.4 Å². The molecular formula is C23H40O3. The molecule has 0 bridgehead atoms. The highest BCUT2D eigenvalue weighted by Gasteiger charge is 1.83. The molecule has 0 amide bonds. The maximum Gasteiger partial charge on any atom is 0.142 e. The quantitative estimate of drug-likeness (QED) is 0.199. The van der Waals surface area contributed by atoms with Crippen molar-refractivity contribution in [2.45, 2.75) is 91.4 Å². The van der Waals surface area contributed by atoms with Crippen molar-refractivity contribution in [2.75, 3.05) is 0 Å². The summed E-state index contributed by atoms with van der Waals surface area (Å²) >= 11 is 0. The van der Waals surface area contributed by atoms with Gasteiger partial charge in [0.05, 0.1) is 0 Å². The highest BCUT2D eigenvalue weighted by Crippen LogP contribution is 2.02. The smallest absolute Gasteiger partial charge is 0.142 e. The maximum atomic E-state index is 9.81. The zero-order valence-electron chi connectivity index (χ0n) is 17.2. The van der Waals surface area contributed by atoms with Crippen molar-refractivity contribution in [3.8, 4) is 0 Å². The Morgan fingerprint density at radius 1 is 0.462 bits per heavy atom. The molecule has 0 atom stereocenters. The van der Waals surface area contributed by atoms with E-state index in [9.17, 15) is 14.4 Å². The third-order valence-electron chi connectivity index (χ3n) is 3.30. The topological polar surface area (TPSA) is 51.2 Å². The summed E-state index contributed by atoms with van der Waals surface area (Å²) in [7, 11) is 0. The van der Waals surface area contributed by atoms with Gasteiger partial charge < -0.3 is 0 Å². The fraction of sp³-hybridized carbons (Fsp3) is 0.609. The summed E-state index contributed by atoms with van der Waals surface area (Å²) in [6.07, 6.45) is 25.9. The molecule has 0 aliphatic carbocycles. The van der Waals surface area contributed by atoms with Crippen molar-refractivity contribution in [3.05, 3.63) is 36.5 Å². The summed E-state index contributed by atoms with van der Waals surface area (Å²) in [4.78, 5) is 29.2. The first kappa shape index (κ1) is 29.0. The van der Waals surface area contributed by atoms with E-state index < -0.39 is 0 Å². The molecule has 3 nitrogen and oxygen atoms in total. The number of allylic oxidation sites excluding steroid dienone is 6. The summed E-state index contributed by atoms with van der Waals surface area (Å²) in [5.41, 5.74) is 0. The van der Waals surface area contributed by atoms with Gasteiger partial charge in [0.1, 0.15) is 18.9 Å². The van der Waals surface area contributed by atoms with Crippen molar-refractivity contribution in [1.29, 1.82) is 0 Å². The molecule has 0 N–H and O–H groups in total. The number of unbranched alkanes of at least 4 members (excludes halogenated alkanes) is 8. The Labute approximate surface area is 161 Å². The van der Waals surface area contributed by atoms with Crippen LogP contribution < -0.4 is 0 Å². The molecule has 0 saturated carbocycles. The van der Waals surface area contributed by atoms with E-state index in [0.717, 1.165) is 44.5 Å². The number of hydrogen-bond donors (Lipinski definition) is 0. The fourth-order valence-electron chi connectivity index (χ4n) is 1.82. The van der Waals surface area contributed by atoms with Gasteiger partial charge in [0.15, 0.2) is 0 Å². The molecular weight excluding hydrogens is 324 g/mol. The van der Waals surface area contributed by atoms with Crippen LogP contribution in [-0.4, -0.2) is 18.9 Å². The van der Waals surface area contributed by atoms with Gasteiger partial charge in [-0.05, 0) is 50.3 Å². The maximum absolute atomic E-state index is 9.81. The standard InChI is InChI=1S/C9H16O.C8H14O.C6H10O/c1-2-3-4-5-6-7-8-9-10;1-2-3-4-5-6-7-8-9;1-2-3-4-5-6-7/h7-9H,2-6H2,1H3;6-8H,2-5H2,1H3;4-6H,2-3H2,1H3/b8-7+;7-6+;5-4+. The van der Waals surface area contributed by atoms with Gasteiger partial charge in [-0.25, -0.2) is 0 Å². The van der Waals surface area contributed by atoms with Gasteiger partial charge >= 0.3 is 0 Å². The molecule has 0 fully saturated rings. The Balaban J connectivity index is -0.000000310. The molecule has 0 aliphatic rings. The van der Waals surface area contributed by atoms with Crippen molar-refractivity contribution in [1.82, 2.24) is 0 Å². The van der Waals surface area contributed by atoms with E-state index in [2.05, 4.69) is 20.8 Å². The first-order valence-electron chi connectivity index (χ1n) is 10.1. The second-order valence-electron chi connectivity index (χ2n) is 5.83. The average molecular weight is 365 g/mol. The van der Waals surface area contributed by atoms with Crippen molar-refractivity contribution >= 4 is 18.9 Å². The predicted octanol–water partition coefficient (Wildman–Crippen LogP) is 6.58. The Kier molecular flexibility index (Phi) is 38.5. The summed E-state index contributed by atoms with van der Waals surface area (Å²) in [5, 5.41) is 0. The largest absolute Gasteiger partial charge is 0.299 e. The fourth-order valence-corrected chi connectivity index (χ4v) is 1.82. The Morgan fingerprint density at radius 2 is 0.846 bits per heavy atom. The van der Waals surface area contributed by atoms with Gasteiger partial charge in [0.25, 0.3) is 0 Å². The van der Waals surface area contributed by atoms with E-state index in [4.69, 9.17) is 0 Å². The van der Waals surface area contributed by atoms with Gasteiger partial charge in [0, 0.05) is 0 Å². The Morgan fingerprint density at radius 3 is 1.23 bits per heavy atom. The number of carbonyl (C=O) groups excluding carboxylic acids is 3. The number of rotatable bonds is 14. The molecule has 0 saturated heterocycles. The molecule has 0 aromatic carbocycles. The predicted molar refractivity (Wildman–Crippen MR) is 113 cm³/mol. The lowest BCUT2D eigenvalue weighted by molar-refractivity contribution is -0.104.